The molecule has 11 nitrogen and oxygen atoms in total. The van der Waals surface area contributed by atoms with Gasteiger partial charge in [-0.3, -0.25) is 14.4 Å². The number of carboxylic acid groups (broad SMARTS) is 1. The average molecular weight is 726 g/mol. The Labute approximate surface area is 278 Å². The van der Waals surface area contributed by atoms with Crippen LogP contribution in [0.2, 0.25) is 0 Å². The SMILES string of the molecule is CNC(C)C(=O)N[C@@H]1C(=O)N(Cc2c(OC)ccc3c(Br)cccc23)c2ccccc2N(C(=O)CCOC)[C@H]1C.O=C(O)C(F)(F)F. The Kier molecular flexibility index (Phi) is 12.7. The first-order valence-corrected chi connectivity index (χ1v) is 15.2. The Morgan fingerprint density at radius 3 is 2.23 bits per heavy atom. The lowest BCUT2D eigenvalue weighted by Gasteiger charge is -2.32. The number of carboxylic acids is 1. The van der Waals surface area contributed by atoms with Crippen molar-refractivity contribution in [2.75, 3.05) is 37.7 Å². The van der Waals surface area contributed by atoms with E-state index in [1.807, 2.05) is 54.6 Å². The molecule has 3 N–H and O–H groups in total. The van der Waals surface area contributed by atoms with Gasteiger partial charge in [0, 0.05) is 17.1 Å². The minimum atomic E-state index is -5.08. The zero-order chi connectivity index (χ0) is 35.1. The van der Waals surface area contributed by atoms with Crippen LogP contribution in [0.15, 0.2) is 59.1 Å². The van der Waals surface area contributed by atoms with Crippen LogP contribution < -0.4 is 25.2 Å². The molecule has 254 valence electrons. The van der Waals surface area contributed by atoms with Crippen LogP contribution in [0.4, 0.5) is 24.5 Å². The second-order valence-electron chi connectivity index (χ2n) is 10.5. The second-order valence-corrected chi connectivity index (χ2v) is 11.4. The maximum Gasteiger partial charge on any atom is 0.490 e. The van der Waals surface area contributed by atoms with Crippen LogP contribution in [0.5, 0.6) is 5.75 Å². The van der Waals surface area contributed by atoms with Gasteiger partial charge in [-0.25, -0.2) is 4.79 Å². The zero-order valence-electron chi connectivity index (χ0n) is 26.4. The number of alkyl halides is 3. The number of rotatable bonds is 9. The van der Waals surface area contributed by atoms with Crippen molar-refractivity contribution in [2.45, 2.75) is 51.1 Å². The number of carbonyl (C=O) groups is 4. The molecule has 47 heavy (non-hydrogen) atoms. The molecule has 0 aromatic heterocycles. The summed E-state index contributed by atoms with van der Waals surface area (Å²) in [7, 11) is 4.81. The van der Waals surface area contributed by atoms with Crippen molar-refractivity contribution < 1.29 is 46.9 Å². The van der Waals surface area contributed by atoms with Crippen LogP contribution in [-0.2, 0) is 30.5 Å². The number of methoxy groups -OCH3 is 2. The Balaban J connectivity index is 0.000000771. The number of likely N-dealkylation sites (N-methyl/N-ethyl adjacent to an activating group) is 1. The summed E-state index contributed by atoms with van der Waals surface area (Å²) in [6, 6.07) is 14.9. The molecule has 0 aliphatic carbocycles. The number of nitrogens with one attached hydrogen (secondary N) is 2. The molecule has 15 heteroatoms. The van der Waals surface area contributed by atoms with Gasteiger partial charge in [-0.05, 0) is 62.0 Å². The molecule has 3 atom stereocenters. The first-order chi connectivity index (χ1) is 22.2. The van der Waals surface area contributed by atoms with Gasteiger partial charge in [0.2, 0.25) is 11.8 Å². The van der Waals surface area contributed by atoms with Crippen LogP contribution in [0.25, 0.3) is 10.8 Å². The van der Waals surface area contributed by atoms with Gasteiger partial charge < -0.3 is 35.0 Å². The number of benzene rings is 3. The van der Waals surface area contributed by atoms with Gasteiger partial charge in [-0.1, -0.05) is 40.2 Å². The second kappa shape index (κ2) is 16.1. The Bertz CT molecular complexity index is 1620. The van der Waals surface area contributed by atoms with E-state index in [-0.39, 0.29) is 37.3 Å². The summed E-state index contributed by atoms with van der Waals surface area (Å²) in [5.74, 6) is -3.00. The normalized spacial score (nSPS) is 16.8. The summed E-state index contributed by atoms with van der Waals surface area (Å²) in [6.07, 6.45) is -4.96. The molecular weight excluding hydrogens is 689 g/mol. The molecule has 1 heterocycles. The molecule has 1 aliphatic rings. The summed E-state index contributed by atoms with van der Waals surface area (Å²) < 4.78 is 43.6. The van der Waals surface area contributed by atoms with Crippen LogP contribution in [-0.4, -0.2) is 81.0 Å². The summed E-state index contributed by atoms with van der Waals surface area (Å²) in [5.41, 5.74) is 1.96. The number of para-hydroxylation sites is 2. The van der Waals surface area contributed by atoms with E-state index in [0.717, 1.165) is 20.8 Å². The van der Waals surface area contributed by atoms with Crippen molar-refractivity contribution >= 4 is 61.8 Å². The molecule has 1 unspecified atom stereocenters. The van der Waals surface area contributed by atoms with E-state index in [2.05, 4.69) is 26.6 Å². The number of carbonyl (C=O) groups excluding carboxylic acids is 3. The number of ether oxygens (including phenoxy) is 2. The van der Waals surface area contributed by atoms with Crippen molar-refractivity contribution in [1.82, 2.24) is 10.6 Å². The highest BCUT2D eigenvalue weighted by Crippen LogP contribution is 2.39. The zero-order valence-corrected chi connectivity index (χ0v) is 27.9. The summed E-state index contributed by atoms with van der Waals surface area (Å²) in [6.45, 7) is 3.90. The van der Waals surface area contributed by atoms with E-state index in [4.69, 9.17) is 19.4 Å². The minimum Gasteiger partial charge on any atom is -0.496 e. The third-order valence-electron chi connectivity index (χ3n) is 7.62. The third kappa shape index (κ3) is 8.58. The number of fused-ring (bicyclic) bond motifs is 2. The lowest BCUT2D eigenvalue weighted by molar-refractivity contribution is -0.192. The molecule has 3 aromatic rings. The molecule has 0 radical (unpaired) electrons. The molecular formula is C32H36BrF3N4O7. The van der Waals surface area contributed by atoms with E-state index < -0.39 is 30.3 Å². The number of hydrogen-bond donors (Lipinski definition) is 3. The average Bonchev–Trinajstić information content (AvgIpc) is 3.12. The fourth-order valence-electron chi connectivity index (χ4n) is 5.06. The first kappa shape index (κ1) is 37.2. The summed E-state index contributed by atoms with van der Waals surface area (Å²) in [5, 5.41) is 14.9. The third-order valence-corrected chi connectivity index (χ3v) is 8.31. The Morgan fingerprint density at radius 1 is 1.02 bits per heavy atom. The molecule has 0 saturated heterocycles. The number of amides is 3. The molecule has 4 rings (SSSR count). The maximum atomic E-state index is 14.4. The van der Waals surface area contributed by atoms with Crippen molar-refractivity contribution in [1.29, 1.82) is 0 Å². The molecule has 0 saturated carbocycles. The quantitative estimate of drug-likeness (QED) is 0.290. The number of nitrogens with zero attached hydrogens (tertiary/aromatic N) is 2. The highest BCUT2D eigenvalue weighted by Gasteiger charge is 2.42. The minimum absolute atomic E-state index is 0.127. The first-order valence-electron chi connectivity index (χ1n) is 14.4. The van der Waals surface area contributed by atoms with Crippen molar-refractivity contribution in [2.24, 2.45) is 0 Å². The van der Waals surface area contributed by atoms with E-state index in [1.165, 1.54) is 7.11 Å². The lowest BCUT2D eigenvalue weighted by Crippen LogP contribution is -2.59. The van der Waals surface area contributed by atoms with E-state index in [0.29, 0.717) is 17.1 Å². The predicted molar refractivity (Wildman–Crippen MR) is 173 cm³/mol. The molecule has 0 fully saturated rings. The highest BCUT2D eigenvalue weighted by molar-refractivity contribution is 9.10. The Hall–Kier alpha value is -4.21. The van der Waals surface area contributed by atoms with Crippen LogP contribution in [0.1, 0.15) is 25.8 Å². The molecule has 0 spiro atoms. The fourth-order valence-corrected chi connectivity index (χ4v) is 5.56. The van der Waals surface area contributed by atoms with E-state index in [9.17, 15) is 27.6 Å². The van der Waals surface area contributed by atoms with E-state index >= 15 is 0 Å². The van der Waals surface area contributed by atoms with Gasteiger partial charge in [0.1, 0.15) is 11.8 Å². The number of halogens is 4. The molecule has 3 aromatic carbocycles. The molecule has 3 amide bonds. The summed E-state index contributed by atoms with van der Waals surface area (Å²) >= 11 is 3.63. The van der Waals surface area contributed by atoms with Gasteiger partial charge in [-0.2, -0.15) is 13.2 Å². The smallest absolute Gasteiger partial charge is 0.490 e. The molecule has 0 bridgehead atoms. The van der Waals surface area contributed by atoms with Crippen LogP contribution in [0, 0.1) is 0 Å². The van der Waals surface area contributed by atoms with Crippen LogP contribution >= 0.6 is 15.9 Å². The largest absolute Gasteiger partial charge is 0.496 e. The summed E-state index contributed by atoms with van der Waals surface area (Å²) in [4.78, 5) is 53.2. The fraction of sp³-hybridized carbons (Fsp3) is 0.375. The highest BCUT2D eigenvalue weighted by atomic mass is 79.9. The van der Waals surface area contributed by atoms with Crippen molar-refractivity contribution in [3.05, 3.63) is 64.6 Å². The van der Waals surface area contributed by atoms with E-state index in [1.54, 1.807) is 37.8 Å². The van der Waals surface area contributed by atoms with Gasteiger partial charge in [0.05, 0.1) is 50.1 Å². The number of anilines is 2. The lowest BCUT2D eigenvalue weighted by atomic mass is 10.0. The van der Waals surface area contributed by atoms with Gasteiger partial charge in [-0.15, -0.1) is 0 Å². The standard InChI is InChI=1S/C30H35BrN4O5.C2HF3O2/c1-18(32-3)29(37)33-28-19(2)35(27(36)15-16-39-4)25-12-7-6-11-24(25)34(30(28)38)17-22-20-9-8-10-23(31)21(20)13-14-26(22)40-5;3-2(4,5)1(6)7/h6-14,18-19,28,32H,15-17H2,1-5H3,(H,33,37);(H,6,7)/t18?,19-,28-;/m0./s1. The molecule has 1 aliphatic heterocycles. The topological polar surface area (TPSA) is 138 Å². The van der Waals surface area contributed by atoms with Gasteiger partial charge >= 0.3 is 12.1 Å². The Morgan fingerprint density at radius 2 is 1.66 bits per heavy atom. The van der Waals surface area contributed by atoms with Gasteiger partial charge in [0.25, 0.3) is 5.91 Å². The number of aliphatic carboxylic acids is 1. The predicted octanol–water partition coefficient (Wildman–Crippen LogP) is 4.64. The number of hydrogen-bond acceptors (Lipinski definition) is 7. The van der Waals surface area contributed by atoms with Crippen molar-refractivity contribution in [3.8, 4) is 5.75 Å². The maximum absolute atomic E-state index is 14.4. The van der Waals surface area contributed by atoms with Crippen molar-refractivity contribution in [3.63, 3.8) is 0 Å². The monoisotopic (exact) mass is 724 g/mol. The van der Waals surface area contributed by atoms with Crippen LogP contribution in [0.3, 0.4) is 0 Å². The van der Waals surface area contributed by atoms with Gasteiger partial charge in [0.15, 0.2) is 0 Å².